The van der Waals surface area contributed by atoms with Crippen molar-refractivity contribution in [1.82, 2.24) is 15.3 Å². The minimum Gasteiger partial charge on any atom is -0.465 e. The molecule has 2 aromatic heterocycles. The summed E-state index contributed by atoms with van der Waals surface area (Å²) in [6, 6.07) is 14.3. The highest BCUT2D eigenvalue weighted by Gasteiger charge is 2.20. The summed E-state index contributed by atoms with van der Waals surface area (Å²) in [5.41, 5.74) is 3.32. The van der Waals surface area contributed by atoms with Gasteiger partial charge in [0.1, 0.15) is 6.04 Å². The van der Waals surface area contributed by atoms with Crippen molar-refractivity contribution in [1.29, 1.82) is 0 Å². The molecule has 2 amide bonds. The molecule has 0 aliphatic carbocycles. The molecule has 7 heteroatoms. The number of carbonyl (C=O) groups excluding carboxylic acids is 1. The number of anilines is 1. The molecule has 3 rings (SSSR count). The first kappa shape index (κ1) is 20.7. The first-order chi connectivity index (χ1) is 14.6. The van der Waals surface area contributed by atoms with Gasteiger partial charge in [-0.2, -0.15) is 0 Å². The molecule has 7 nitrogen and oxygen atoms in total. The Bertz CT molecular complexity index is 1010. The van der Waals surface area contributed by atoms with Crippen LogP contribution in [0.2, 0.25) is 0 Å². The molecular formula is C23H22N4O3. The number of aromatic nitrogens is 2. The monoisotopic (exact) mass is 402 g/mol. The minimum atomic E-state index is -1.24. The highest BCUT2D eigenvalue weighted by Crippen LogP contribution is 2.13. The number of carboxylic acid groups (broad SMARTS) is 1. The first-order valence-electron chi connectivity index (χ1n) is 9.47. The Kier molecular flexibility index (Phi) is 7.27. The lowest BCUT2D eigenvalue weighted by Gasteiger charge is -2.17. The number of amides is 2. The fraction of sp³-hybridized carbons (Fsp3) is 0.130. The van der Waals surface area contributed by atoms with E-state index in [1.54, 1.807) is 24.7 Å². The van der Waals surface area contributed by atoms with Crippen molar-refractivity contribution in [3.05, 3.63) is 90.0 Å². The van der Waals surface area contributed by atoms with Gasteiger partial charge < -0.3 is 15.7 Å². The van der Waals surface area contributed by atoms with E-state index in [0.717, 1.165) is 16.7 Å². The van der Waals surface area contributed by atoms with E-state index in [4.69, 9.17) is 5.11 Å². The average molecular weight is 402 g/mol. The van der Waals surface area contributed by atoms with Crippen LogP contribution in [-0.2, 0) is 11.2 Å². The SMILES string of the molecule is O=C(O)N[C@@H](CCc1ccccc1)C(=O)Nc1cncc(C=Cc2ccncc2)c1. The Labute approximate surface area is 174 Å². The second-order valence-electron chi connectivity index (χ2n) is 6.64. The van der Waals surface area contributed by atoms with Crippen LogP contribution < -0.4 is 10.6 Å². The largest absolute Gasteiger partial charge is 0.465 e. The maximum Gasteiger partial charge on any atom is 0.405 e. The maximum absolute atomic E-state index is 12.7. The van der Waals surface area contributed by atoms with Crippen molar-refractivity contribution in [3.8, 4) is 0 Å². The zero-order chi connectivity index (χ0) is 21.2. The van der Waals surface area contributed by atoms with E-state index in [-0.39, 0.29) is 0 Å². The molecule has 3 N–H and O–H groups in total. The van der Waals surface area contributed by atoms with E-state index in [1.165, 1.54) is 6.20 Å². The second-order valence-corrected chi connectivity index (χ2v) is 6.64. The van der Waals surface area contributed by atoms with E-state index in [0.29, 0.717) is 18.5 Å². The Hall–Kier alpha value is -4.00. The number of carbonyl (C=O) groups is 2. The molecule has 0 unspecified atom stereocenters. The van der Waals surface area contributed by atoms with Gasteiger partial charge in [-0.05, 0) is 47.7 Å². The van der Waals surface area contributed by atoms with Crippen LogP contribution in [0.3, 0.4) is 0 Å². The van der Waals surface area contributed by atoms with Gasteiger partial charge in [0.05, 0.1) is 11.9 Å². The number of benzene rings is 1. The maximum atomic E-state index is 12.7. The van der Waals surface area contributed by atoms with Gasteiger partial charge in [-0.15, -0.1) is 0 Å². The van der Waals surface area contributed by atoms with Crippen molar-refractivity contribution < 1.29 is 14.7 Å². The molecule has 0 saturated carbocycles. The Balaban J connectivity index is 1.65. The predicted octanol–water partition coefficient (Wildman–Crippen LogP) is 3.85. The summed E-state index contributed by atoms with van der Waals surface area (Å²) in [4.78, 5) is 31.9. The highest BCUT2D eigenvalue weighted by molar-refractivity contribution is 5.96. The van der Waals surface area contributed by atoms with Crippen LogP contribution in [0.5, 0.6) is 0 Å². The quantitative estimate of drug-likeness (QED) is 0.531. The molecular weight excluding hydrogens is 380 g/mol. The molecule has 30 heavy (non-hydrogen) atoms. The smallest absolute Gasteiger partial charge is 0.405 e. The third kappa shape index (κ3) is 6.56. The molecule has 3 aromatic rings. The molecule has 0 aliphatic heterocycles. The van der Waals surface area contributed by atoms with Gasteiger partial charge in [-0.25, -0.2) is 4.79 Å². The van der Waals surface area contributed by atoms with E-state index in [9.17, 15) is 9.59 Å². The van der Waals surface area contributed by atoms with Crippen LogP contribution in [0.15, 0.2) is 73.3 Å². The van der Waals surface area contributed by atoms with Crippen LogP contribution in [0.4, 0.5) is 10.5 Å². The minimum absolute atomic E-state index is 0.344. The van der Waals surface area contributed by atoms with Gasteiger partial charge in [0, 0.05) is 18.6 Å². The van der Waals surface area contributed by atoms with Gasteiger partial charge in [0.2, 0.25) is 5.91 Å². The van der Waals surface area contributed by atoms with Crippen molar-refractivity contribution >= 4 is 29.8 Å². The number of hydrogen-bond acceptors (Lipinski definition) is 4. The fourth-order valence-corrected chi connectivity index (χ4v) is 2.89. The molecule has 0 aliphatic rings. The lowest BCUT2D eigenvalue weighted by atomic mass is 10.0. The van der Waals surface area contributed by atoms with Gasteiger partial charge in [-0.1, -0.05) is 42.5 Å². The molecule has 0 radical (unpaired) electrons. The molecule has 152 valence electrons. The zero-order valence-corrected chi connectivity index (χ0v) is 16.2. The van der Waals surface area contributed by atoms with Crippen LogP contribution >= 0.6 is 0 Å². The molecule has 1 atom stereocenters. The lowest BCUT2D eigenvalue weighted by molar-refractivity contribution is -0.118. The van der Waals surface area contributed by atoms with Gasteiger partial charge in [0.25, 0.3) is 0 Å². The lowest BCUT2D eigenvalue weighted by Crippen LogP contribution is -2.43. The van der Waals surface area contributed by atoms with E-state index < -0.39 is 18.0 Å². The topological polar surface area (TPSA) is 104 Å². The summed E-state index contributed by atoms with van der Waals surface area (Å²) in [6.45, 7) is 0. The third-order valence-electron chi connectivity index (χ3n) is 4.38. The second kappa shape index (κ2) is 10.5. The summed E-state index contributed by atoms with van der Waals surface area (Å²) >= 11 is 0. The fourth-order valence-electron chi connectivity index (χ4n) is 2.89. The predicted molar refractivity (Wildman–Crippen MR) is 116 cm³/mol. The molecule has 2 heterocycles. The first-order valence-corrected chi connectivity index (χ1v) is 9.47. The third-order valence-corrected chi connectivity index (χ3v) is 4.38. The molecule has 1 aromatic carbocycles. The normalized spacial score (nSPS) is 11.7. The summed E-state index contributed by atoms with van der Waals surface area (Å²) in [5, 5.41) is 14.1. The number of aryl methyl sites for hydroxylation is 1. The van der Waals surface area contributed by atoms with E-state index in [1.807, 2.05) is 54.6 Å². The van der Waals surface area contributed by atoms with Gasteiger partial charge >= 0.3 is 6.09 Å². The molecule has 0 bridgehead atoms. The van der Waals surface area contributed by atoms with Crippen molar-refractivity contribution in [2.45, 2.75) is 18.9 Å². The Morgan fingerprint density at radius 2 is 1.70 bits per heavy atom. The Morgan fingerprint density at radius 1 is 0.967 bits per heavy atom. The highest BCUT2D eigenvalue weighted by atomic mass is 16.4. The zero-order valence-electron chi connectivity index (χ0n) is 16.2. The standard InChI is InChI=1S/C23H22N4O3/c28-22(21(27-23(29)30)9-8-17-4-2-1-3-5-17)26-20-14-19(15-25-16-20)7-6-18-10-12-24-13-11-18/h1-7,10-16,21,27H,8-9H2,(H,26,28)(H,29,30)/t21-/m0/s1. The number of pyridine rings is 2. The van der Waals surface area contributed by atoms with Crippen LogP contribution in [0, 0.1) is 0 Å². The number of nitrogens with zero attached hydrogens (tertiary/aromatic N) is 2. The van der Waals surface area contributed by atoms with Crippen LogP contribution in [0.25, 0.3) is 12.2 Å². The van der Waals surface area contributed by atoms with E-state index >= 15 is 0 Å². The summed E-state index contributed by atoms with van der Waals surface area (Å²) in [7, 11) is 0. The number of rotatable bonds is 8. The van der Waals surface area contributed by atoms with Crippen LogP contribution in [-0.4, -0.2) is 33.1 Å². The molecule has 0 fully saturated rings. The Morgan fingerprint density at radius 3 is 2.43 bits per heavy atom. The van der Waals surface area contributed by atoms with Crippen molar-refractivity contribution in [2.75, 3.05) is 5.32 Å². The number of nitrogens with one attached hydrogen (secondary N) is 2. The summed E-state index contributed by atoms with van der Waals surface area (Å²) < 4.78 is 0. The van der Waals surface area contributed by atoms with Crippen LogP contribution in [0.1, 0.15) is 23.1 Å². The van der Waals surface area contributed by atoms with E-state index in [2.05, 4.69) is 20.6 Å². The van der Waals surface area contributed by atoms with Gasteiger partial charge in [0.15, 0.2) is 0 Å². The van der Waals surface area contributed by atoms with Crippen molar-refractivity contribution in [3.63, 3.8) is 0 Å². The summed E-state index contributed by atoms with van der Waals surface area (Å²) in [6.07, 6.45) is 10.1. The number of hydrogen-bond donors (Lipinski definition) is 3. The molecule has 0 saturated heterocycles. The molecule has 0 spiro atoms. The van der Waals surface area contributed by atoms with Gasteiger partial charge in [-0.3, -0.25) is 14.8 Å². The average Bonchev–Trinajstić information content (AvgIpc) is 2.76. The van der Waals surface area contributed by atoms with Crippen molar-refractivity contribution in [2.24, 2.45) is 0 Å². The summed E-state index contributed by atoms with van der Waals surface area (Å²) in [5.74, 6) is -0.426.